The van der Waals surface area contributed by atoms with Crippen molar-refractivity contribution in [2.24, 2.45) is 11.1 Å². The number of Topliss-reactive ketones (excluding diaryl/α,β-unsaturated/α-hetero) is 1. The zero-order valence-electron chi connectivity index (χ0n) is 13.6. The second kappa shape index (κ2) is 6.01. The average Bonchev–Trinajstić information content (AvgIpc) is 2.85. The van der Waals surface area contributed by atoms with Crippen LogP contribution in [-0.2, 0) is 6.42 Å². The molecule has 0 spiro atoms. The highest BCUT2D eigenvalue weighted by molar-refractivity contribution is 9.10. The van der Waals surface area contributed by atoms with E-state index in [-0.39, 0.29) is 28.7 Å². The van der Waals surface area contributed by atoms with Gasteiger partial charge in [-0.2, -0.15) is 5.10 Å². The lowest BCUT2D eigenvalue weighted by Gasteiger charge is -2.29. The Balaban J connectivity index is 2.21. The summed E-state index contributed by atoms with van der Waals surface area (Å²) in [6, 6.07) is 4.64. The molecule has 1 aliphatic rings. The molecular weight excluding hydrogens is 396 g/mol. The van der Waals surface area contributed by atoms with Gasteiger partial charge in [0, 0.05) is 10.9 Å². The lowest BCUT2D eigenvalue weighted by molar-refractivity contribution is 0.0896. The van der Waals surface area contributed by atoms with Crippen molar-refractivity contribution in [2.45, 2.75) is 33.1 Å². The maximum absolute atomic E-state index is 13.4. The van der Waals surface area contributed by atoms with Gasteiger partial charge < -0.3 is 5.73 Å². The normalized spacial score (nSPS) is 16.2. The largest absolute Gasteiger partial charge is 0.366 e. The van der Waals surface area contributed by atoms with E-state index < -0.39 is 18.0 Å². The number of aromatic nitrogens is 2. The van der Waals surface area contributed by atoms with Gasteiger partial charge in [0.1, 0.15) is 5.69 Å². The van der Waals surface area contributed by atoms with Crippen molar-refractivity contribution in [2.75, 3.05) is 0 Å². The number of rotatable bonds is 3. The summed E-state index contributed by atoms with van der Waals surface area (Å²) < 4.78 is 28.6. The number of halogens is 3. The Hall–Kier alpha value is -2.09. The second-order valence-corrected chi connectivity index (χ2v) is 7.74. The van der Waals surface area contributed by atoms with Crippen LogP contribution in [0.1, 0.15) is 58.8 Å². The molecule has 5 nitrogen and oxygen atoms in total. The number of hydrogen-bond acceptors (Lipinski definition) is 3. The van der Waals surface area contributed by atoms with E-state index in [1.807, 2.05) is 13.8 Å². The molecule has 1 aromatic heterocycles. The van der Waals surface area contributed by atoms with Gasteiger partial charge in [-0.15, -0.1) is 0 Å². The number of benzene rings is 1. The number of carbonyl (C=O) groups is 2. The molecule has 25 heavy (non-hydrogen) atoms. The minimum Gasteiger partial charge on any atom is -0.366 e. The first-order chi connectivity index (χ1) is 11.6. The van der Waals surface area contributed by atoms with E-state index in [1.165, 1.54) is 10.7 Å². The standard InChI is InChI=1S/C17H16BrF2N3O2/c1-17(2)6-11-13(12(24)7-17)14(15(19)20)22-23(11)8-3-4-9(16(21)25)10(18)5-8/h3-5,15H,6-7H2,1-2H3,(H2,21,25). The van der Waals surface area contributed by atoms with Crippen LogP contribution in [0.15, 0.2) is 22.7 Å². The quantitative estimate of drug-likeness (QED) is 0.833. The minimum absolute atomic E-state index is 0.0180. The van der Waals surface area contributed by atoms with Crippen LogP contribution in [-0.4, -0.2) is 21.5 Å². The summed E-state index contributed by atoms with van der Waals surface area (Å²) in [5, 5.41) is 4.00. The van der Waals surface area contributed by atoms with Gasteiger partial charge in [0.15, 0.2) is 5.78 Å². The molecule has 0 atom stereocenters. The molecule has 2 aromatic rings. The molecular formula is C17H16BrF2N3O2. The van der Waals surface area contributed by atoms with Crippen LogP contribution in [0.5, 0.6) is 0 Å². The fraction of sp³-hybridized carbons (Fsp3) is 0.353. The number of alkyl halides is 2. The molecule has 0 bridgehead atoms. The van der Waals surface area contributed by atoms with Crippen LogP contribution in [0.4, 0.5) is 8.78 Å². The monoisotopic (exact) mass is 411 g/mol. The second-order valence-electron chi connectivity index (χ2n) is 6.89. The number of amides is 1. The molecule has 0 saturated carbocycles. The number of carbonyl (C=O) groups excluding carboxylic acids is 2. The predicted molar refractivity (Wildman–Crippen MR) is 91.2 cm³/mol. The lowest BCUT2D eigenvalue weighted by Crippen LogP contribution is -2.28. The number of primary amides is 1. The first kappa shape index (κ1) is 17.7. The minimum atomic E-state index is -2.84. The molecule has 8 heteroatoms. The molecule has 0 fully saturated rings. The van der Waals surface area contributed by atoms with Crippen LogP contribution < -0.4 is 5.73 Å². The Kier molecular flexibility index (Phi) is 4.26. The van der Waals surface area contributed by atoms with Gasteiger partial charge in [-0.25, -0.2) is 13.5 Å². The highest BCUT2D eigenvalue weighted by Crippen LogP contribution is 2.39. The number of fused-ring (bicyclic) bond motifs is 1. The summed E-state index contributed by atoms with van der Waals surface area (Å²) >= 11 is 3.25. The summed E-state index contributed by atoms with van der Waals surface area (Å²) in [6.45, 7) is 3.83. The van der Waals surface area contributed by atoms with Crippen LogP contribution >= 0.6 is 15.9 Å². The van der Waals surface area contributed by atoms with Crippen molar-refractivity contribution in [3.05, 3.63) is 45.2 Å². The van der Waals surface area contributed by atoms with Crippen molar-refractivity contribution < 1.29 is 18.4 Å². The molecule has 0 aliphatic heterocycles. The third kappa shape index (κ3) is 3.10. The summed E-state index contributed by atoms with van der Waals surface area (Å²) in [5.74, 6) is -0.925. The zero-order chi connectivity index (χ0) is 18.5. The van der Waals surface area contributed by atoms with E-state index in [4.69, 9.17) is 5.73 Å². The van der Waals surface area contributed by atoms with Crippen molar-refractivity contribution in [3.63, 3.8) is 0 Å². The van der Waals surface area contributed by atoms with Crippen LogP contribution in [0.2, 0.25) is 0 Å². The highest BCUT2D eigenvalue weighted by Gasteiger charge is 2.38. The summed E-state index contributed by atoms with van der Waals surface area (Å²) in [6.07, 6.45) is -2.19. The van der Waals surface area contributed by atoms with Crippen LogP contribution in [0.3, 0.4) is 0 Å². The fourth-order valence-electron chi connectivity index (χ4n) is 3.18. The summed E-state index contributed by atoms with van der Waals surface area (Å²) in [4.78, 5) is 23.8. The lowest BCUT2D eigenvalue weighted by atomic mass is 9.75. The van der Waals surface area contributed by atoms with Crippen molar-refractivity contribution >= 4 is 27.6 Å². The van der Waals surface area contributed by atoms with E-state index in [2.05, 4.69) is 21.0 Å². The van der Waals surface area contributed by atoms with E-state index in [0.717, 1.165) is 0 Å². The van der Waals surface area contributed by atoms with Gasteiger partial charge in [-0.05, 0) is 46.0 Å². The topological polar surface area (TPSA) is 78.0 Å². The van der Waals surface area contributed by atoms with Gasteiger partial charge in [-0.1, -0.05) is 13.8 Å². The van der Waals surface area contributed by atoms with Crippen LogP contribution in [0, 0.1) is 5.41 Å². The molecule has 0 saturated heterocycles. The van der Waals surface area contributed by atoms with Crippen LogP contribution in [0.25, 0.3) is 5.69 Å². The number of ketones is 1. The maximum Gasteiger partial charge on any atom is 0.282 e. The molecule has 1 aliphatic carbocycles. The summed E-state index contributed by atoms with van der Waals surface area (Å²) in [7, 11) is 0. The van der Waals surface area contributed by atoms with Crippen molar-refractivity contribution in [1.29, 1.82) is 0 Å². The fourth-order valence-corrected chi connectivity index (χ4v) is 3.74. The summed E-state index contributed by atoms with van der Waals surface area (Å²) in [5.41, 5.74) is 5.68. The Labute approximate surface area is 151 Å². The van der Waals surface area contributed by atoms with Gasteiger partial charge in [0.2, 0.25) is 5.91 Å². The van der Waals surface area contributed by atoms with Gasteiger partial charge in [0.25, 0.3) is 6.43 Å². The Morgan fingerprint density at radius 1 is 1.36 bits per heavy atom. The van der Waals surface area contributed by atoms with Gasteiger partial charge in [0.05, 0.1) is 22.5 Å². The third-order valence-corrected chi connectivity index (χ3v) is 4.90. The van der Waals surface area contributed by atoms with E-state index >= 15 is 0 Å². The molecule has 132 valence electrons. The molecule has 0 unspecified atom stereocenters. The smallest absolute Gasteiger partial charge is 0.282 e. The predicted octanol–water partition coefficient (Wildman–Crippen LogP) is 3.83. The van der Waals surface area contributed by atoms with Crippen molar-refractivity contribution in [1.82, 2.24) is 9.78 Å². The Bertz CT molecular complexity index is 890. The van der Waals surface area contributed by atoms with E-state index in [1.54, 1.807) is 12.1 Å². The Morgan fingerprint density at radius 3 is 2.60 bits per heavy atom. The number of nitrogens with zero attached hydrogens (tertiary/aromatic N) is 2. The first-order valence-corrected chi connectivity index (χ1v) is 8.43. The molecule has 1 heterocycles. The van der Waals surface area contributed by atoms with Gasteiger partial charge >= 0.3 is 0 Å². The van der Waals surface area contributed by atoms with Crippen molar-refractivity contribution in [3.8, 4) is 5.69 Å². The number of hydrogen-bond donors (Lipinski definition) is 1. The zero-order valence-corrected chi connectivity index (χ0v) is 15.2. The molecule has 2 N–H and O–H groups in total. The highest BCUT2D eigenvalue weighted by atomic mass is 79.9. The molecule has 3 rings (SSSR count). The molecule has 0 radical (unpaired) electrons. The van der Waals surface area contributed by atoms with Gasteiger partial charge in [-0.3, -0.25) is 9.59 Å². The van der Waals surface area contributed by atoms with E-state index in [0.29, 0.717) is 22.3 Å². The van der Waals surface area contributed by atoms with E-state index in [9.17, 15) is 18.4 Å². The molecule has 1 amide bonds. The molecule has 1 aromatic carbocycles. The SMILES string of the molecule is CC1(C)CC(=O)c2c(C(F)F)nn(-c3ccc(C(N)=O)c(Br)c3)c2C1. The number of nitrogens with two attached hydrogens (primary N) is 1. The third-order valence-electron chi connectivity index (χ3n) is 4.24. The first-order valence-electron chi connectivity index (χ1n) is 7.63. The Morgan fingerprint density at radius 2 is 2.04 bits per heavy atom. The maximum atomic E-state index is 13.4. The average molecular weight is 412 g/mol.